The summed E-state index contributed by atoms with van der Waals surface area (Å²) in [5.41, 5.74) is -0.172. The van der Waals surface area contributed by atoms with Gasteiger partial charge < -0.3 is 10.1 Å². The van der Waals surface area contributed by atoms with E-state index < -0.39 is 21.8 Å². The average molecular weight is 542 g/mol. The predicted molar refractivity (Wildman–Crippen MR) is 131 cm³/mol. The lowest BCUT2D eigenvalue weighted by Crippen LogP contribution is -2.44. The summed E-state index contributed by atoms with van der Waals surface area (Å²) < 4.78 is 72.8. The summed E-state index contributed by atoms with van der Waals surface area (Å²) in [7, 11) is -3.48. The minimum Gasteiger partial charge on any atom is -0.376 e. The number of alkyl halides is 3. The van der Waals surface area contributed by atoms with Gasteiger partial charge in [-0.2, -0.15) is 13.2 Å². The van der Waals surface area contributed by atoms with Crippen LogP contribution in [0.15, 0.2) is 42.7 Å². The van der Waals surface area contributed by atoms with Crippen molar-refractivity contribution in [2.24, 2.45) is 0 Å². The third-order valence-corrected chi connectivity index (χ3v) is 8.48. The van der Waals surface area contributed by atoms with E-state index in [1.165, 1.54) is 10.5 Å². The molecule has 3 aromatic rings. The Morgan fingerprint density at radius 3 is 2.50 bits per heavy atom. The second-order valence-electron chi connectivity index (χ2n) is 8.37. The molecule has 3 heterocycles. The fourth-order valence-electron chi connectivity index (χ4n) is 3.84. The highest BCUT2D eigenvalue weighted by atomic mass is 32.2. The fraction of sp³-hybridized carbons (Fsp3) is 0.435. The fourth-order valence-corrected chi connectivity index (χ4v) is 5.97. The number of nitrogens with zero attached hydrogens (tertiary/aromatic N) is 4. The van der Waals surface area contributed by atoms with Crippen molar-refractivity contribution in [3.8, 4) is 10.6 Å². The molecule has 0 atom stereocenters. The molecule has 4 rings (SSSR count). The summed E-state index contributed by atoms with van der Waals surface area (Å²) >= 11 is 1.12. The van der Waals surface area contributed by atoms with Crippen molar-refractivity contribution < 1.29 is 26.3 Å². The summed E-state index contributed by atoms with van der Waals surface area (Å²) in [5.74, 6) is -0.0444. The monoisotopic (exact) mass is 541 g/mol. The number of hydrogen-bond donors (Lipinski definition) is 1. The van der Waals surface area contributed by atoms with Crippen molar-refractivity contribution in [1.82, 2.24) is 19.3 Å². The maximum absolute atomic E-state index is 13.5. The smallest absolute Gasteiger partial charge is 0.376 e. The Hall–Kier alpha value is -2.61. The van der Waals surface area contributed by atoms with E-state index in [0.717, 1.165) is 23.1 Å². The van der Waals surface area contributed by atoms with Crippen LogP contribution in [0, 0.1) is 6.92 Å². The molecule has 8 nitrogen and oxygen atoms in total. The van der Waals surface area contributed by atoms with Gasteiger partial charge in [-0.3, -0.25) is 0 Å². The molecule has 1 saturated heterocycles. The molecule has 0 aliphatic carbocycles. The van der Waals surface area contributed by atoms with Crippen LogP contribution in [0.4, 0.5) is 19.1 Å². The third kappa shape index (κ3) is 6.78. The van der Waals surface area contributed by atoms with Crippen molar-refractivity contribution >= 4 is 27.3 Å². The first kappa shape index (κ1) is 26.5. The number of aryl methyl sites for hydroxylation is 1. The normalized spacial score (nSPS) is 15.8. The molecular formula is C23H26F3N5O3S2. The topological polar surface area (TPSA) is 97.3 Å². The van der Waals surface area contributed by atoms with Gasteiger partial charge in [-0.1, -0.05) is 30.3 Å². The van der Waals surface area contributed by atoms with Gasteiger partial charge in [0.1, 0.15) is 5.56 Å². The zero-order valence-corrected chi connectivity index (χ0v) is 21.2. The minimum atomic E-state index is -4.60. The number of sulfonamides is 1. The van der Waals surface area contributed by atoms with Crippen molar-refractivity contribution in [2.75, 3.05) is 30.8 Å². The standard InChI is InChI=1S/C23H26F3N5O3S2/c1-16-27-14-20(35-16)21-19(23(24,25)26)13-28-22(30-21)29-18-7-9-31(10-8-18)36(32,33)12-11-34-15-17-5-3-2-4-6-17/h2-6,13-14,18H,7-12,15H2,1H3,(H,28,29,30). The molecule has 2 aromatic heterocycles. The summed E-state index contributed by atoms with van der Waals surface area (Å²) in [6.07, 6.45) is -1.51. The largest absolute Gasteiger partial charge is 0.420 e. The zero-order valence-electron chi connectivity index (χ0n) is 19.5. The molecule has 0 saturated carbocycles. The van der Waals surface area contributed by atoms with Gasteiger partial charge in [-0.05, 0) is 25.3 Å². The second-order valence-corrected chi connectivity index (χ2v) is 11.7. The number of hydrogen-bond acceptors (Lipinski definition) is 8. The Morgan fingerprint density at radius 2 is 1.86 bits per heavy atom. The number of aromatic nitrogens is 3. The Morgan fingerprint density at radius 1 is 1.14 bits per heavy atom. The maximum atomic E-state index is 13.5. The van der Waals surface area contributed by atoms with Gasteiger partial charge in [0.25, 0.3) is 0 Å². The van der Waals surface area contributed by atoms with Gasteiger partial charge in [0.05, 0.1) is 34.5 Å². The molecule has 1 aromatic carbocycles. The van der Waals surface area contributed by atoms with Gasteiger partial charge in [0.2, 0.25) is 16.0 Å². The summed E-state index contributed by atoms with van der Waals surface area (Å²) in [6, 6.07) is 9.34. The number of halogens is 3. The summed E-state index contributed by atoms with van der Waals surface area (Å²) in [4.78, 5) is 12.3. The number of nitrogens with one attached hydrogen (secondary N) is 1. The first-order valence-corrected chi connectivity index (χ1v) is 13.8. The quantitative estimate of drug-likeness (QED) is 0.402. The SMILES string of the molecule is Cc1ncc(-c2nc(NC3CCN(S(=O)(=O)CCOCc4ccccc4)CC3)ncc2C(F)(F)F)s1. The molecule has 0 bridgehead atoms. The van der Waals surface area contributed by atoms with E-state index >= 15 is 0 Å². The van der Waals surface area contributed by atoms with Gasteiger partial charge in [0, 0.05) is 31.5 Å². The lowest BCUT2D eigenvalue weighted by molar-refractivity contribution is -0.137. The first-order valence-electron chi connectivity index (χ1n) is 11.3. The van der Waals surface area contributed by atoms with Crippen molar-refractivity contribution in [2.45, 2.75) is 38.6 Å². The van der Waals surface area contributed by atoms with Gasteiger partial charge in [-0.25, -0.2) is 27.7 Å². The molecule has 194 valence electrons. The van der Waals surface area contributed by atoms with Crippen molar-refractivity contribution in [3.63, 3.8) is 0 Å². The lowest BCUT2D eigenvalue weighted by Gasteiger charge is -2.31. The molecule has 0 unspecified atom stereocenters. The minimum absolute atomic E-state index is 0.0691. The second kappa shape index (κ2) is 11.2. The van der Waals surface area contributed by atoms with Crippen LogP contribution >= 0.6 is 11.3 Å². The molecule has 0 amide bonds. The van der Waals surface area contributed by atoms with Crippen LogP contribution in [0.25, 0.3) is 10.6 Å². The Bertz CT molecular complexity index is 1260. The highest BCUT2D eigenvalue weighted by Crippen LogP contribution is 2.38. The van der Waals surface area contributed by atoms with Gasteiger partial charge in [-0.15, -0.1) is 11.3 Å². The van der Waals surface area contributed by atoms with E-state index in [1.807, 2.05) is 30.3 Å². The lowest BCUT2D eigenvalue weighted by atomic mass is 10.1. The number of anilines is 1. The van der Waals surface area contributed by atoms with Gasteiger partial charge in [0.15, 0.2) is 0 Å². The Labute approximate surface area is 211 Å². The zero-order chi connectivity index (χ0) is 25.8. The Balaban J connectivity index is 1.32. The average Bonchev–Trinajstić information content (AvgIpc) is 3.28. The molecule has 1 fully saturated rings. The number of thiazole rings is 1. The van der Waals surface area contributed by atoms with Gasteiger partial charge >= 0.3 is 6.18 Å². The Kier molecular flexibility index (Phi) is 8.23. The van der Waals surface area contributed by atoms with E-state index in [0.29, 0.717) is 42.4 Å². The van der Waals surface area contributed by atoms with E-state index in [-0.39, 0.29) is 30.0 Å². The van der Waals surface area contributed by atoms with Crippen LogP contribution in [-0.2, 0) is 27.5 Å². The molecule has 0 radical (unpaired) electrons. The number of piperidine rings is 1. The molecular weight excluding hydrogens is 515 g/mol. The van der Waals surface area contributed by atoms with Crippen molar-refractivity contribution in [3.05, 3.63) is 58.9 Å². The molecule has 1 N–H and O–H groups in total. The van der Waals surface area contributed by atoms with E-state index in [2.05, 4.69) is 20.3 Å². The molecule has 1 aliphatic heterocycles. The highest BCUT2D eigenvalue weighted by Gasteiger charge is 2.36. The number of benzene rings is 1. The van der Waals surface area contributed by atoms with E-state index in [1.54, 1.807) is 6.92 Å². The maximum Gasteiger partial charge on any atom is 0.420 e. The molecule has 13 heteroatoms. The molecule has 36 heavy (non-hydrogen) atoms. The van der Waals surface area contributed by atoms with E-state index in [9.17, 15) is 21.6 Å². The molecule has 1 aliphatic rings. The van der Waals surface area contributed by atoms with Crippen LogP contribution in [0.2, 0.25) is 0 Å². The number of rotatable bonds is 9. The third-order valence-electron chi connectivity index (χ3n) is 5.73. The van der Waals surface area contributed by atoms with Crippen LogP contribution in [0.1, 0.15) is 29.0 Å². The summed E-state index contributed by atoms with van der Waals surface area (Å²) in [5, 5.41) is 3.70. The summed E-state index contributed by atoms with van der Waals surface area (Å²) in [6.45, 7) is 2.73. The molecule has 0 spiro atoms. The van der Waals surface area contributed by atoms with E-state index in [4.69, 9.17) is 4.74 Å². The predicted octanol–water partition coefficient (Wildman–Crippen LogP) is 4.35. The van der Waals surface area contributed by atoms with Crippen LogP contribution < -0.4 is 5.32 Å². The van der Waals surface area contributed by atoms with Crippen LogP contribution in [0.5, 0.6) is 0 Å². The van der Waals surface area contributed by atoms with Crippen molar-refractivity contribution in [1.29, 1.82) is 0 Å². The van der Waals surface area contributed by atoms with Crippen LogP contribution in [0.3, 0.4) is 0 Å². The van der Waals surface area contributed by atoms with Crippen LogP contribution in [-0.4, -0.2) is 59.2 Å². The first-order chi connectivity index (χ1) is 17.1. The highest BCUT2D eigenvalue weighted by molar-refractivity contribution is 7.89. The number of ether oxygens (including phenoxy) is 1.